The van der Waals surface area contributed by atoms with Crippen molar-refractivity contribution in [1.29, 1.82) is 5.26 Å². The van der Waals surface area contributed by atoms with Crippen LogP contribution in [-0.2, 0) is 16.3 Å². The van der Waals surface area contributed by atoms with Gasteiger partial charge < -0.3 is 11.1 Å². The molecule has 10 nitrogen and oxygen atoms in total. The van der Waals surface area contributed by atoms with Gasteiger partial charge in [-0.25, -0.2) is 13.1 Å². The van der Waals surface area contributed by atoms with Crippen molar-refractivity contribution in [2.45, 2.75) is 17.7 Å². The van der Waals surface area contributed by atoms with E-state index in [4.69, 9.17) is 5.73 Å². The number of nitrogens with zero attached hydrogens (tertiary/aromatic N) is 4. The number of hydrogen-bond acceptors (Lipinski definition) is 8. The number of aromatic nitrogens is 2. The Kier molecular flexibility index (Phi) is 6.22. The summed E-state index contributed by atoms with van der Waals surface area (Å²) in [6.45, 7) is 0.349. The SMILES string of the molecule is CS(=O)(=O)c1ccc(NCCCc2nn(-c3ccccc3)c(N)c2C#N)c([N+](=O)[O-])c1. The summed E-state index contributed by atoms with van der Waals surface area (Å²) in [6, 6.07) is 15.0. The van der Waals surface area contributed by atoms with E-state index >= 15 is 0 Å². The Hall–Kier alpha value is -3.91. The number of nitro groups is 1. The first kappa shape index (κ1) is 21.8. The van der Waals surface area contributed by atoms with Gasteiger partial charge in [-0.3, -0.25) is 10.1 Å². The second-order valence-electron chi connectivity index (χ2n) is 6.80. The number of nitrogens with two attached hydrogens (primary N) is 1. The smallest absolute Gasteiger partial charge is 0.293 e. The van der Waals surface area contributed by atoms with Crippen molar-refractivity contribution >= 4 is 27.0 Å². The Morgan fingerprint density at radius 3 is 2.58 bits per heavy atom. The van der Waals surface area contributed by atoms with Crippen LogP contribution in [0.15, 0.2) is 53.4 Å². The number of nitrogens with one attached hydrogen (secondary N) is 1. The zero-order chi connectivity index (χ0) is 22.6. The fourth-order valence-corrected chi connectivity index (χ4v) is 3.70. The van der Waals surface area contributed by atoms with Gasteiger partial charge in [-0.2, -0.15) is 10.4 Å². The average Bonchev–Trinajstić information content (AvgIpc) is 3.06. The normalized spacial score (nSPS) is 11.1. The molecule has 3 aromatic rings. The zero-order valence-electron chi connectivity index (χ0n) is 16.6. The van der Waals surface area contributed by atoms with Crippen LogP contribution in [0.5, 0.6) is 0 Å². The molecule has 1 aromatic heterocycles. The van der Waals surface area contributed by atoms with Gasteiger partial charge in [0.25, 0.3) is 5.69 Å². The van der Waals surface area contributed by atoms with E-state index in [1.54, 1.807) is 0 Å². The minimum atomic E-state index is -3.55. The molecule has 0 saturated heterocycles. The van der Waals surface area contributed by atoms with Gasteiger partial charge in [0.15, 0.2) is 9.84 Å². The van der Waals surface area contributed by atoms with Crippen LogP contribution in [-0.4, -0.2) is 35.9 Å². The van der Waals surface area contributed by atoms with E-state index in [1.165, 1.54) is 16.8 Å². The van der Waals surface area contributed by atoms with Crippen LogP contribution < -0.4 is 11.1 Å². The molecule has 0 radical (unpaired) electrons. The van der Waals surface area contributed by atoms with Gasteiger partial charge >= 0.3 is 0 Å². The highest BCUT2D eigenvalue weighted by Crippen LogP contribution is 2.28. The Morgan fingerprint density at radius 2 is 1.97 bits per heavy atom. The number of para-hydroxylation sites is 1. The van der Waals surface area contributed by atoms with Gasteiger partial charge in [-0.05, 0) is 37.1 Å². The van der Waals surface area contributed by atoms with Crippen LogP contribution in [0.3, 0.4) is 0 Å². The highest BCUT2D eigenvalue weighted by molar-refractivity contribution is 7.90. The quantitative estimate of drug-likeness (QED) is 0.307. The molecule has 1 heterocycles. The van der Waals surface area contributed by atoms with Crippen LogP contribution in [0.25, 0.3) is 5.69 Å². The molecular formula is C20H20N6O4S. The van der Waals surface area contributed by atoms with Crippen LogP contribution in [0.1, 0.15) is 17.7 Å². The Balaban J connectivity index is 1.72. The maximum Gasteiger partial charge on any atom is 0.293 e. The molecule has 3 rings (SSSR count). The first-order valence-electron chi connectivity index (χ1n) is 9.27. The summed E-state index contributed by atoms with van der Waals surface area (Å²) < 4.78 is 24.8. The van der Waals surface area contributed by atoms with Crippen LogP contribution in [0.4, 0.5) is 17.2 Å². The summed E-state index contributed by atoms with van der Waals surface area (Å²) in [4.78, 5) is 10.6. The topological polar surface area (TPSA) is 157 Å². The van der Waals surface area contributed by atoms with E-state index < -0.39 is 14.8 Å². The van der Waals surface area contributed by atoms with E-state index in [-0.39, 0.29) is 22.1 Å². The molecule has 0 aliphatic carbocycles. The predicted octanol–water partition coefficient (Wildman–Crippen LogP) is 2.68. The van der Waals surface area contributed by atoms with Gasteiger partial charge in [0, 0.05) is 18.9 Å². The molecule has 0 bridgehead atoms. The number of aryl methyl sites for hydroxylation is 1. The molecular weight excluding hydrogens is 420 g/mol. The molecule has 0 aliphatic heterocycles. The lowest BCUT2D eigenvalue weighted by Gasteiger charge is -2.08. The third-order valence-electron chi connectivity index (χ3n) is 4.61. The standard InChI is InChI=1S/C20H20N6O4S/c1-31(29,30)15-9-10-18(19(12-15)26(27)28)23-11-5-8-17-16(13-21)20(22)25(24-17)14-6-3-2-4-7-14/h2-4,6-7,9-10,12,23H,5,8,11,22H2,1H3. The second-order valence-corrected chi connectivity index (χ2v) is 8.82. The molecule has 2 aromatic carbocycles. The van der Waals surface area contributed by atoms with E-state index in [9.17, 15) is 23.8 Å². The van der Waals surface area contributed by atoms with Crippen LogP contribution >= 0.6 is 0 Å². The molecule has 160 valence electrons. The molecule has 3 N–H and O–H groups in total. The summed E-state index contributed by atoms with van der Waals surface area (Å²) >= 11 is 0. The number of anilines is 2. The van der Waals surface area contributed by atoms with Crippen molar-refractivity contribution in [2.24, 2.45) is 0 Å². The lowest BCUT2D eigenvalue weighted by molar-refractivity contribution is -0.384. The molecule has 11 heteroatoms. The zero-order valence-corrected chi connectivity index (χ0v) is 17.5. The molecule has 0 saturated carbocycles. The number of benzene rings is 2. The van der Waals surface area contributed by atoms with Crippen molar-refractivity contribution in [2.75, 3.05) is 23.9 Å². The molecule has 0 aliphatic rings. The highest BCUT2D eigenvalue weighted by atomic mass is 32.2. The summed E-state index contributed by atoms with van der Waals surface area (Å²) in [7, 11) is -3.55. The minimum absolute atomic E-state index is 0.120. The van der Waals surface area contributed by atoms with E-state index in [0.29, 0.717) is 30.6 Å². The van der Waals surface area contributed by atoms with Crippen molar-refractivity contribution in [1.82, 2.24) is 9.78 Å². The molecule has 0 spiro atoms. The monoisotopic (exact) mass is 440 g/mol. The van der Waals surface area contributed by atoms with E-state index in [0.717, 1.165) is 18.0 Å². The third-order valence-corrected chi connectivity index (χ3v) is 5.72. The largest absolute Gasteiger partial charge is 0.382 e. The molecule has 0 fully saturated rings. The van der Waals surface area contributed by atoms with Gasteiger partial charge in [0.1, 0.15) is 23.1 Å². The van der Waals surface area contributed by atoms with Gasteiger partial charge in [0.05, 0.1) is 21.2 Å². The summed E-state index contributed by atoms with van der Waals surface area (Å²) in [5.41, 5.74) is 7.55. The van der Waals surface area contributed by atoms with Crippen molar-refractivity contribution in [3.63, 3.8) is 0 Å². The Morgan fingerprint density at radius 1 is 1.26 bits per heavy atom. The van der Waals surface area contributed by atoms with Crippen molar-refractivity contribution in [3.05, 3.63) is 69.9 Å². The van der Waals surface area contributed by atoms with Crippen LogP contribution in [0.2, 0.25) is 0 Å². The van der Waals surface area contributed by atoms with Crippen LogP contribution in [0, 0.1) is 21.4 Å². The number of hydrogen-bond donors (Lipinski definition) is 2. The maximum atomic E-state index is 11.6. The average molecular weight is 440 g/mol. The fourth-order valence-electron chi connectivity index (χ4n) is 3.06. The molecule has 31 heavy (non-hydrogen) atoms. The molecule has 0 atom stereocenters. The number of nitrogen functional groups attached to an aromatic ring is 1. The first-order chi connectivity index (χ1) is 14.7. The van der Waals surface area contributed by atoms with E-state index in [1.807, 2.05) is 30.3 Å². The number of nitro benzene ring substituents is 1. The van der Waals surface area contributed by atoms with Crippen molar-refractivity contribution < 1.29 is 13.3 Å². The number of nitriles is 1. The first-order valence-corrected chi connectivity index (χ1v) is 11.2. The lowest BCUT2D eigenvalue weighted by atomic mass is 10.1. The summed E-state index contributed by atoms with van der Waals surface area (Å²) in [6.07, 6.45) is 1.94. The Labute approximate surface area is 179 Å². The second kappa shape index (κ2) is 8.85. The summed E-state index contributed by atoms with van der Waals surface area (Å²) in [5.74, 6) is 0.253. The maximum absolute atomic E-state index is 11.6. The third kappa shape index (κ3) is 4.81. The number of rotatable bonds is 8. The van der Waals surface area contributed by atoms with Gasteiger partial charge in [0.2, 0.25) is 0 Å². The summed E-state index contributed by atoms with van der Waals surface area (Å²) in [5, 5.41) is 28.2. The molecule has 0 unspecified atom stereocenters. The lowest BCUT2D eigenvalue weighted by Crippen LogP contribution is -2.07. The predicted molar refractivity (Wildman–Crippen MR) is 116 cm³/mol. The molecule has 0 amide bonds. The fraction of sp³-hybridized carbons (Fsp3) is 0.200. The minimum Gasteiger partial charge on any atom is -0.382 e. The Bertz CT molecular complexity index is 1260. The van der Waals surface area contributed by atoms with E-state index in [2.05, 4.69) is 16.5 Å². The van der Waals surface area contributed by atoms with Gasteiger partial charge in [-0.1, -0.05) is 18.2 Å². The number of sulfone groups is 1. The van der Waals surface area contributed by atoms with Gasteiger partial charge in [-0.15, -0.1) is 0 Å². The van der Waals surface area contributed by atoms with Crippen molar-refractivity contribution in [3.8, 4) is 11.8 Å². The highest BCUT2D eigenvalue weighted by Gasteiger charge is 2.19.